The zero-order chi connectivity index (χ0) is 19.8. The van der Waals surface area contributed by atoms with E-state index in [9.17, 15) is 0 Å². The molecular weight excluding hydrogens is 368 g/mol. The summed E-state index contributed by atoms with van der Waals surface area (Å²) in [6, 6.07) is 10.2. The summed E-state index contributed by atoms with van der Waals surface area (Å²) in [5, 5.41) is 0. The summed E-state index contributed by atoms with van der Waals surface area (Å²) in [5.41, 5.74) is 1.93. The van der Waals surface area contributed by atoms with Gasteiger partial charge in [0.1, 0.15) is 18.0 Å². The Kier molecular flexibility index (Phi) is 4.81. The zero-order valence-electron chi connectivity index (χ0n) is 16.9. The maximum Gasteiger partial charge on any atom is 0.239 e. The molecule has 0 radical (unpaired) electrons. The number of hydrogen-bond donors (Lipinski definition) is 0. The summed E-state index contributed by atoms with van der Waals surface area (Å²) in [5.74, 6) is 2.50. The number of imidazole rings is 1. The number of ether oxygens (including phenoxy) is 2. The minimum Gasteiger partial charge on any atom is -0.378 e. The van der Waals surface area contributed by atoms with Crippen molar-refractivity contribution in [3.63, 3.8) is 0 Å². The van der Waals surface area contributed by atoms with Crippen LogP contribution in [0.15, 0.2) is 36.7 Å². The smallest absolute Gasteiger partial charge is 0.239 e. The SMILES string of the molecule is C[C@@H]1CN(c2cc(N3CCOCC3)nc(-n3cnc4ccccc43)n2)C[C@@H](C)O1. The minimum absolute atomic E-state index is 0.165. The van der Waals surface area contributed by atoms with Gasteiger partial charge in [0.05, 0.1) is 36.5 Å². The van der Waals surface area contributed by atoms with Gasteiger partial charge in [-0.2, -0.15) is 9.97 Å². The molecule has 0 N–H and O–H groups in total. The number of hydrogen-bond acceptors (Lipinski definition) is 7. The van der Waals surface area contributed by atoms with Crippen molar-refractivity contribution in [2.45, 2.75) is 26.1 Å². The molecule has 0 unspecified atom stereocenters. The lowest BCUT2D eigenvalue weighted by Gasteiger charge is -2.36. The third-order valence-corrected chi connectivity index (χ3v) is 5.44. The average molecular weight is 394 g/mol. The molecule has 4 heterocycles. The van der Waals surface area contributed by atoms with Gasteiger partial charge in [-0.05, 0) is 26.0 Å². The Bertz CT molecular complexity index is 990. The van der Waals surface area contributed by atoms with Crippen LogP contribution >= 0.6 is 0 Å². The topological polar surface area (TPSA) is 68.5 Å². The van der Waals surface area contributed by atoms with Gasteiger partial charge in [-0.15, -0.1) is 0 Å². The second-order valence-electron chi connectivity index (χ2n) is 7.75. The number of fused-ring (bicyclic) bond motifs is 1. The maximum atomic E-state index is 5.92. The molecule has 8 nitrogen and oxygen atoms in total. The van der Waals surface area contributed by atoms with E-state index in [0.717, 1.165) is 48.8 Å². The van der Waals surface area contributed by atoms with E-state index < -0.39 is 0 Å². The van der Waals surface area contributed by atoms with Gasteiger partial charge in [-0.3, -0.25) is 4.57 Å². The van der Waals surface area contributed by atoms with Gasteiger partial charge in [0.25, 0.3) is 0 Å². The standard InChI is InChI=1S/C21H26N6O2/c1-15-12-26(13-16(2)29-15)20-11-19(25-7-9-28-10-8-25)23-21(24-20)27-14-22-17-5-3-4-6-18(17)27/h3-6,11,14-16H,7-10,12-13H2,1-2H3/t15-,16-/m1/s1. The average Bonchev–Trinajstić information content (AvgIpc) is 3.18. The molecule has 3 aromatic rings. The van der Waals surface area contributed by atoms with E-state index in [0.29, 0.717) is 19.2 Å². The molecule has 0 saturated carbocycles. The summed E-state index contributed by atoms with van der Waals surface area (Å²) in [6.07, 6.45) is 2.13. The quantitative estimate of drug-likeness (QED) is 0.675. The van der Waals surface area contributed by atoms with Crippen LogP contribution in [0.4, 0.5) is 11.6 Å². The Labute approximate surface area is 170 Å². The molecule has 5 rings (SSSR count). The molecule has 29 heavy (non-hydrogen) atoms. The first-order chi connectivity index (χ1) is 14.2. The van der Waals surface area contributed by atoms with E-state index in [1.807, 2.05) is 28.8 Å². The molecule has 8 heteroatoms. The molecule has 2 aliphatic heterocycles. The predicted octanol–water partition coefficient (Wildman–Crippen LogP) is 2.27. The van der Waals surface area contributed by atoms with E-state index in [2.05, 4.69) is 34.7 Å². The number of nitrogens with zero attached hydrogens (tertiary/aromatic N) is 6. The Balaban J connectivity index is 1.60. The van der Waals surface area contributed by atoms with Crippen molar-refractivity contribution in [1.82, 2.24) is 19.5 Å². The van der Waals surface area contributed by atoms with Gasteiger partial charge >= 0.3 is 0 Å². The van der Waals surface area contributed by atoms with Crippen LogP contribution in [0, 0.1) is 0 Å². The molecule has 2 fully saturated rings. The Morgan fingerprint density at radius 2 is 1.62 bits per heavy atom. The lowest BCUT2D eigenvalue weighted by Crippen LogP contribution is -2.46. The Morgan fingerprint density at radius 3 is 2.38 bits per heavy atom. The summed E-state index contributed by atoms with van der Waals surface area (Å²) in [4.78, 5) is 18.9. The fraction of sp³-hybridized carbons (Fsp3) is 0.476. The van der Waals surface area contributed by atoms with Crippen molar-refractivity contribution in [1.29, 1.82) is 0 Å². The van der Waals surface area contributed by atoms with Crippen LogP contribution in [0.2, 0.25) is 0 Å². The first kappa shape index (κ1) is 18.3. The van der Waals surface area contributed by atoms with Crippen molar-refractivity contribution in [2.24, 2.45) is 0 Å². The monoisotopic (exact) mass is 394 g/mol. The van der Waals surface area contributed by atoms with Crippen molar-refractivity contribution < 1.29 is 9.47 Å². The lowest BCUT2D eigenvalue weighted by atomic mass is 10.2. The van der Waals surface area contributed by atoms with Crippen LogP contribution in [0.25, 0.3) is 17.0 Å². The number of rotatable bonds is 3. The van der Waals surface area contributed by atoms with Gasteiger partial charge in [0.2, 0.25) is 5.95 Å². The predicted molar refractivity (Wildman–Crippen MR) is 112 cm³/mol. The van der Waals surface area contributed by atoms with Gasteiger partial charge in [0, 0.05) is 32.2 Å². The maximum absolute atomic E-state index is 5.92. The van der Waals surface area contributed by atoms with E-state index in [1.54, 1.807) is 6.33 Å². The highest BCUT2D eigenvalue weighted by Crippen LogP contribution is 2.26. The van der Waals surface area contributed by atoms with Gasteiger partial charge in [0.15, 0.2) is 0 Å². The number of para-hydroxylation sites is 2. The number of benzene rings is 1. The summed E-state index contributed by atoms with van der Waals surface area (Å²) in [6.45, 7) is 8.94. The number of anilines is 2. The molecular formula is C21H26N6O2. The molecule has 0 amide bonds. The molecule has 2 aromatic heterocycles. The minimum atomic E-state index is 0.165. The zero-order valence-corrected chi connectivity index (χ0v) is 16.9. The van der Waals surface area contributed by atoms with Crippen molar-refractivity contribution in [3.05, 3.63) is 36.7 Å². The van der Waals surface area contributed by atoms with E-state index in [-0.39, 0.29) is 12.2 Å². The molecule has 2 atom stereocenters. The Morgan fingerprint density at radius 1 is 0.931 bits per heavy atom. The van der Waals surface area contributed by atoms with E-state index >= 15 is 0 Å². The fourth-order valence-corrected chi connectivity index (χ4v) is 4.12. The van der Waals surface area contributed by atoms with Crippen molar-refractivity contribution >= 4 is 22.7 Å². The van der Waals surface area contributed by atoms with Crippen LogP contribution < -0.4 is 9.80 Å². The third-order valence-electron chi connectivity index (χ3n) is 5.44. The molecule has 152 valence electrons. The number of aromatic nitrogens is 4. The lowest BCUT2D eigenvalue weighted by molar-refractivity contribution is -0.00546. The third kappa shape index (κ3) is 3.65. The highest BCUT2D eigenvalue weighted by molar-refractivity contribution is 5.76. The molecule has 0 spiro atoms. The van der Waals surface area contributed by atoms with Crippen LogP contribution in [-0.2, 0) is 9.47 Å². The Hall–Kier alpha value is -2.71. The summed E-state index contributed by atoms with van der Waals surface area (Å²) >= 11 is 0. The van der Waals surface area contributed by atoms with Crippen molar-refractivity contribution in [3.8, 4) is 5.95 Å². The second-order valence-corrected chi connectivity index (χ2v) is 7.75. The van der Waals surface area contributed by atoms with Crippen molar-refractivity contribution in [2.75, 3.05) is 49.2 Å². The normalized spacial score (nSPS) is 23.0. The molecule has 2 aliphatic rings. The largest absolute Gasteiger partial charge is 0.378 e. The molecule has 1 aromatic carbocycles. The van der Waals surface area contributed by atoms with Crippen LogP contribution in [-0.4, -0.2) is 71.1 Å². The first-order valence-corrected chi connectivity index (χ1v) is 10.2. The second kappa shape index (κ2) is 7.61. The van der Waals surface area contributed by atoms with Crippen LogP contribution in [0.1, 0.15) is 13.8 Å². The highest BCUT2D eigenvalue weighted by atomic mass is 16.5. The van der Waals surface area contributed by atoms with Crippen LogP contribution in [0.5, 0.6) is 0 Å². The van der Waals surface area contributed by atoms with E-state index in [1.165, 1.54) is 0 Å². The summed E-state index contributed by atoms with van der Waals surface area (Å²) < 4.78 is 13.4. The van der Waals surface area contributed by atoms with Crippen LogP contribution in [0.3, 0.4) is 0 Å². The molecule has 0 aliphatic carbocycles. The van der Waals surface area contributed by atoms with Gasteiger partial charge in [-0.25, -0.2) is 4.98 Å². The van der Waals surface area contributed by atoms with Gasteiger partial charge in [-0.1, -0.05) is 12.1 Å². The highest BCUT2D eigenvalue weighted by Gasteiger charge is 2.25. The fourth-order valence-electron chi connectivity index (χ4n) is 4.12. The van der Waals surface area contributed by atoms with E-state index in [4.69, 9.17) is 19.4 Å². The first-order valence-electron chi connectivity index (χ1n) is 10.2. The van der Waals surface area contributed by atoms with Gasteiger partial charge < -0.3 is 19.3 Å². The molecule has 0 bridgehead atoms. The molecule has 2 saturated heterocycles. The summed E-state index contributed by atoms with van der Waals surface area (Å²) in [7, 11) is 0. The number of morpholine rings is 2.